The van der Waals surface area contributed by atoms with Crippen molar-refractivity contribution >= 4 is 21.6 Å². The summed E-state index contributed by atoms with van der Waals surface area (Å²) in [6.07, 6.45) is 5.37. The molecule has 2 amide bonds. The maximum absolute atomic E-state index is 12.6. The maximum atomic E-state index is 12.6. The zero-order valence-corrected chi connectivity index (χ0v) is 14.9. The van der Waals surface area contributed by atoms with Crippen LogP contribution in [0.4, 0.5) is 10.5 Å². The Morgan fingerprint density at radius 2 is 2.08 bits per heavy atom. The fraction of sp³-hybridized carbons (Fsp3) is 0.588. The van der Waals surface area contributed by atoms with Gasteiger partial charge in [0.25, 0.3) is 0 Å². The molecule has 3 rings (SSSR count). The summed E-state index contributed by atoms with van der Waals surface area (Å²) in [5.74, 6) is 0. The molecule has 2 aliphatic rings. The molecule has 0 radical (unpaired) electrons. The van der Waals surface area contributed by atoms with Crippen molar-refractivity contribution in [2.24, 2.45) is 0 Å². The summed E-state index contributed by atoms with van der Waals surface area (Å²) >= 11 is 0. The number of carbonyl (C=O) groups excluding carboxylic acids is 1. The molecule has 1 aromatic carbocycles. The monoisotopic (exact) mass is 352 g/mol. The smallest absolute Gasteiger partial charge is 0.322 e. The first kappa shape index (κ1) is 17.2. The second-order valence-corrected chi connectivity index (χ2v) is 8.62. The number of benzene rings is 1. The average molecular weight is 352 g/mol. The highest BCUT2D eigenvalue weighted by Gasteiger charge is 2.36. The van der Waals surface area contributed by atoms with Gasteiger partial charge in [-0.15, -0.1) is 0 Å². The molecule has 1 aromatic rings. The minimum atomic E-state index is -3.25. The van der Waals surface area contributed by atoms with Crippen LogP contribution in [0.3, 0.4) is 0 Å². The van der Waals surface area contributed by atoms with Gasteiger partial charge in [0.1, 0.15) is 0 Å². The van der Waals surface area contributed by atoms with Crippen molar-refractivity contribution in [3.63, 3.8) is 0 Å². The summed E-state index contributed by atoms with van der Waals surface area (Å²) in [7, 11) is -3.25. The molecule has 132 valence electrons. The van der Waals surface area contributed by atoms with E-state index in [0.29, 0.717) is 16.1 Å². The molecule has 2 heterocycles. The molecule has 7 heteroatoms. The predicted molar refractivity (Wildman–Crippen MR) is 92.0 cm³/mol. The van der Waals surface area contributed by atoms with Crippen LogP contribution in [0, 0.1) is 6.92 Å². The number of carbonyl (C=O) groups is 1. The summed E-state index contributed by atoms with van der Waals surface area (Å²) in [4.78, 5) is 14.8. The minimum Gasteiger partial charge on any atom is -0.376 e. The number of likely N-dealkylation sites (tertiary alicyclic amines) is 1. The second kappa shape index (κ2) is 6.72. The Balaban J connectivity index is 1.71. The van der Waals surface area contributed by atoms with Gasteiger partial charge in [-0.2, -0.15) is 0 Å². The third-order valence-electron chi connectivity index (χ3n) is 4.78. The summed E-state index contributed by atoms with van der Waals surface area (Å²) in [5.41, 5.74) is 1.25. The van der Waals surface area contributed by atoms with Crippen LogP contribution in [0.1, 0.15) is 31.2 Å². The highest BCUT2D eigenvalue weighted by Crippen LogP contribution is 2.28. The molecule has 24 heavy (non-hydrogen) atoms. The summed E-state index contributed by atoms with van der Waals surface area (Å²) in [6, 6.07) is 4.88. The van der Waals surface area contributed by atoms with Crippen LogP contribution in [-0.2, 0) is 14.6 Å². The molecule has 0 saturated carbocycles. The molecule has 2 aliphatic heterocycles. The van der Waals surface area contributed by atoms with Crippen LogP contribution in [0.15, 0.2) is 23.1 Å². The van der Waals surface area contributed by atoms with Crippen molar-refractivity contribution in [1.29, 1.82) is 0 Å². The standard InChI is InChI=1S/C17H24N2O4S/c1-12-11-13(7-8-16(12)24(2,21)22)18-17(20)19-9-3-5-14(19)15-6-4-10-23-15/h7-8,11,14-15H,3-6,9-10H2,1-2H3,(H,18,20). The van der Waals surface area contributed by atoms with Crippen molar-refractivity contribution in [2.45, 2.75) is 49.6 Å². The highest BCUT2D eigenvalue weighted by molar-refractivity contribution is 7.90. The van der Waals surface area contributed by atoms with Gasteiger partial charge in [0.05, 0.1) is 17.0 Å². The summed E-state index contributed by atoms with van der Waals surface area (Å²) in [6.45, 7) is 3.25. The van der Waals surface area contributed by atoms with Crippen molar-refractivity contribution in [3.05, 3.63) is 23.8 Å². The summed E-state index contributed by atoms with van der Waals surface area (Å²) in [5, 5.41) is 2.89. The van der Waals surface area contributed by atoms with E-state index < -0.39 is 9.84 Å². The van der Waals surface area contributed by atoms with E-state index in [1.165, 1.54) is 6.26 Å². The zero-order chi connectivity index (χ0) is 17.3. The predicted octanol–water partition coefficient (Wildman–Crippen LogP) is 2.57. The van der Waals surface area contributed by atoms with Crippen LogP contribution >= 0.6 is 0 Å². The van der Waals surface area contributed by atoms with Crippen LogP contribution in [0.25, 0.3) is 0 Å². The first-order valence-corrected chi connectivity index (χ1v) is 10.3. The molecule has 6 nitrogen and oxygen atoms in total. The number of hydrogen-bond donors (Lipinski definition) is 1. The van der Waals surface area contributed by atoms with Crippen LogP contribution in [0.2, 0.25) is 0 Å². The van der Waals surface area contributed by atoms with Gasteiger partial charge in [0.2, 0.25) is 0 Å². The number of urea groups is 1. The molecule has 0 bridgehead atoms. The third-order valence-corrected chi connectivity index (χ3v) is 6.04. The first-order valence-electron chi connectivity index (χ1n) is 8.36. The van der Waals surface area contributed by atoms with Gasteiger partial charge in [-0.1, -0.05) is 0 Å². The van der Waals surface area contributed by atoms with Gasteiger partial charge in [-0.05, 0) is 56.4 Å². The number of sulfone groups is 1. The fourth-order valence-corrected chi connectivity index (χ4v) is 4.63. The lowest BCUT2D eigenvalue weighted by Gasteiger charge is -2.29. The molecule has 2 unspecified atom stereocenters. The van der Waals surface area contributed by atoms with Crippen molar-refractivity contribution in [3.8, 4) is 0 Å². The fourth-order valence-electron chi connectivity index (χ4n) is 3.68. The topological polar surface area (TPSA) is 75.7 Å². The number of amides is 2. The lowest BCUT2D eigenvalue weighted by molar-refractivity contribution is 0.0543. The lowest BCUT2D eigenvalue weighted by Crippen LogP contribution is -2.44. The molecule has 0 aromatic heterocycles. The Morgan fingerprint density at radius 3 is 2.71 bits per heavy atom. The van der Waals surface area contributed by atoms with Crippen LogP contribution < -0.4 is 5.32 Å². The van der Waals surface area contributed by atoms with Crippen LogP contribution in [0.5, 0.6) is 0 Å². The number of nitrogens with one attached hydrogen (secondary N) is 1. The minimum absolute atomic E-state index is 0.139. The summed E-state index contributed by atoms with van der Waals surface area (Å²) < 4.78 is 29.1. The SMILES string of the molecule is Cc1cc(NC(=O)N2CCCC2C2CCCO2)ccc1S(C)(=O)=O. The first-order chi connectivity index (χ1) is 11.4. The molecule has 0 spiro atoms. The van der Waals surface area contributed by atoms with Gasteiger partial charge in [-0.25, -0.2) is 13.2 Å². The molecule has 2 saturated heterocycles. The number of ether oxygens (including phenoxy) is 1. The van der Waals surface area contributed by atoms with Crippen LogP contribution in [-0.4, -0.2) is 50.9 Å². The number of nitrogens with zero attached hydrogens (tertiary/aromatic N) is 1. The number of anilines is 1. The Kier molecular flexibility index (Phi) is 4.83. The largest absolute Gasteiger partial charge is 0.376 e. The molecule has 1 N–H and O–H groups in total. The van der Waals surface area contributed by atoms with E-state index in [-0.39, 0.29) is 18.2 Å². The maximum Gasteiger partial charge on any atom is 0.322 e. The van der Waals surface area contributed by atoms with E-state index in [4.69, 9.17) is 4.74 Å². The average Bonchev–Trinajstić information content (AvgIpc) is 3.17. The normalized spacial score (nSPS) is 24.3. The van der Waals surface area contributed by atoms with Gasteiger partial charge in [0, 0.05) is 25.1 Å². The van der Waals surface area contributed by atoms with Gasteiger partial charge in [-0.3, -0.25) is 0 Å². The van der Waals surface area contributed by atoms with E-state index in [0.717, 1.165) is 38.8 Å². The van der Waals surface area contributed by atoms with Gasteiger partial charge in [0.15, 0.2) is 9.84 Å². The van der Waals surface area contributed by atoms with Gasteiger partial charge < -0.3 is 15.0 Å². The van der Waals surface area contributed by atoms with E-state index in [1.54, 1.807) is 25.1 Å². The molecule has 2 fully saturated rings. The third kappa shape index (κ3) is 3.57. The number of rotatable bonds is 3. The quantitative estimate of drug-likeness (QED) is 0.907. The number of hydrogen-bond acceptors (Lipinski definition) is 4. The highest BCUT2D eigenvalue weighted by atomic mass is 32.2. The van der Waals surface area contributed by atoms with E-state index in [2.05, 4.69) is 5.32 Å². The molecule has 2 atom stereocenters. The Bertz CT molecular complexity index is 726. The van der Waals surface area contributed by atoms with E-state index in [9.17, 15) is 13.2 Å². The Morgan fingerprint density at radius 1 is 1.29 bits per heavy atom. The Hall–Kier alpha value is -1.60. The van der Waals surface area contributed by atoms with E-state index >= 15 is 0 Å². The Labute approximate surface area is 143 Å². The molecular weight excluding hydrogens is 328 g/mol. The van der Waals surface area contributed by atoms with Crippen molar-refractivity contribution < 1.29 is 17.9 Å². The van der Waals surface area contributed by atoms with Crippen molar-refractivity contribution in [1.82, 2.24) is 4.90 Å². The zero-order valence-electron chi connectivity index (χ0n) is 14.1. The van der Waals surface area contributed by atoms with Crippen molar-refractivity contribution in [2.75, 3.05) is 24.7 Å². The lowest BCUT2D eigenvalue weighted by atomic mass is 10.1. The number of aryl methyl sites for hydroxylation is 1. The van der Waals surface area contributed by atoms with E-state index in [1.807, 2.05) is 4.90 Å². The molecule has 0 aliphatic carbocycles. The molecular formula is C17H24N2O4S. The second-order valence-electron chi connectivity index (χ2n) is 6.64. The van der Waals surface area contributed by atoms with Gasteiger partial charge >= 0.3 is 6.03 Å².